The molecule has 1 aromatic heterocycles. The van der Waals surface area contributed by atoms with Crippen LogP contribution in [0.4, 0.5) is 5.69 Å². The molecule has 0 aliphatic heterocycles. The van der Waals surface area contributed by atoms with Gasteiger partial charge in [-0.3, -0.25) is 14.4 Å². The second-order valence-electron chi connectivity index (χ2n) is 5.30. The van der Waals surface area contributed by atoms with Gasteiger partial charge in [0.1, 0.15) is 0 Å². The zero-order valence-electron chi connectivity index (χ0n) is 13.8. The smallest absolute Gasteiger partial charge is 0.307 e. The predicted octanol–water partition coefficient (Wildman–Crippen LogP) is 0.815. The van der Waals surface area contributed by atoms with Gasteiger partial charge in [0.25, 0.3) is 0 Å². The maximum atomic E-state index is 11.6. The summed E-state index contributed by atoms with van der Waals surface area (Å²) in [5.74, 6) is -0.414. The van der Waals surface area contributed by atoms with Crippen LogP contribution in [-0.2, 0) is 19.1 Å². The molecule has 0 bridgehead atoms. The molecule has 0 aliphatic rings. The maximum absolute atomic E-state index is 11.6. The van der Waals surface area contributed by atoms with E-state index in [1.54, 1.807) is 31.2 Å². The highest BCUT2D eigenvalue weighted by Gasteiger charge is 2.24. The number of methoxy groups -OCH3 is 1. The summed E-state index contributed by atoms with van der Waals surface area (Å²) in [5, 5.41) is 3.83. The number of carbonyl (C=O) groups excluding carboxylic acids is 3. The first-order valence-electron chi connectivity index (χ1n) is 7.44. The molecule has 2 rings (SSSR count). The van der Waals surface area contributed by atoms with Crippen molar-refractivity contribution in [1.29, 1.82) is 0 Å². The Hall–Kier alpha value is -3.23. The van der Waals surface area contributed by atoms with Crippen molar-refractivity contribution in [2.45, 2.75) is 25.8 Å². The molecule has 1 heterocycles. The number of carbonyl (C=O) groups is 3. The van der Waals surface area contributed by atoms with Crippen molar-refractivity contribution in [1.82, 2.24) is 10.1 Å². The molecule has 0 radical (unpaired) electrons. The summed E-state index contributed by atoms with van der Waals surface area (Å²) >= 11 is 0. The van der Waals surface area contributed by atoms with Crippen LogP contribution < -0.4 is 10.6 Å². The molecule has 0 aliphatic carbocycles. The molecule has 25 heavy (non-hydrogen) atoms. The van der Waals surface area contributed by atoms with Gasteiger partial charge in [-0.1, -0.05) is 17.3 Å². The molecular weight excluding hydrogens is 328 g/mol. The fourth-order valence-corrected chi connectivity index (χ4v) is 2.36. The number of nitrogens with two attached hydrogens (primary N) is 1. The van der Waals surface area contributed by atoms with Gasteiger partial charge < -0.3 is 19.9 Å². The zero-order valence-corrected chi connectivity index (χ0v) is 13.8. The molecular formula is C16H18N4O5. The highest BCUT2D eigenvalue weighted by molar-refractivity contribution is 5.84. The van der Waals surface area contributed by atoms with E-state index in [0.29, 0.717) is 29.4 Å². The van der Waals surface area contributed by atoms with Gasteiger partial charge in [0, 0.05) is 24.6 Å². The SMILES string of the molecule is COC(=O)CC(CC(N)=O)N(C=O)c1cccc(-c2noc(C)n2)c1. The number of primary amides is 1. The first kappa shape index (κ1) is 18.1. The van der Waals surface area contributed by atoms with Gasteiger partial charge in [-0.15, -0.1) is 0 Å². The number of rotatable bonds is 8. The molecule has 0 fully saturated rings. The number of anilines is 1. The normalized spacial score (nSPS) is 11.6. The average Bonchev–Trinajstić information content (AvgIpc) is 3.01. The van der Waals surface area contributed by atoms with Crippen molar-refractivity contribution in [3.63, 3.8) is 0 Å². The van der Waals surface area contributed by atoms with E-state index in [1.165, 1.54) is 12.0 Å². The largest absolute Gasteiger partial charge is 0.469 e. The summed E-state index contributed by atoms with van der Waals surface area (Å²) < 4.78 is 9.57. The molecule has 0 spiro atoms. The van der Waals surface area contributed by atoms with Crippen molar-refractivity contribution in [3.8, 4) is 11.4 Å². The number of nitrogens with zero attached hydrogens (tertiary/aromatic N) is 3. The molecule has 1 aromatic carbocycles. The van der Waals surface area contributed by atoms with Crippen LogP contribution in [0.2, 0.25) is 0 Å². The summed E-state index contributed by atoms with van der Waals surface area (Å²) in [7, 11) is 1.23. The van der Waals surface area contributed by atoms with Crippen molar-refractivity contribution in [3.05, 3.63) is 30.2 Å². The number of hydrogen-bond donors (Lipinski definition) is 1. The Labute approximate surface area is 143 Å². The third-order valence-corrected chi connectivity index (χ3v) is 3.50. The third kappa shape index (κ3) is 4.63. The Morgan fingerprint density at radius 1 is 1.40 bits per heavy atom. The number of esters is 1. The van der Waals surface area contributed by atoms with Gasteiger partial charge in [0.2, 0.25) is 24.0 Å². The minimum absolute atomic E-state index is 0.163. The average molecular weight is 346 g/mol. The van der Waals surface area contributed by atoms with Crippen LogP contribution in [0, 0.1) is 6.92 Å². The van der Waals surface area contributed by atoms with Crippen LogP contribution in [0.3, 0.4) is 0 Å². The lowest BCUT2D eigenvalue weighted by molar-refractivity contribution is -0.141. The number of hydrogen-bond acceptors (Lipinski definition) is 7. The van der Waals surface area contributed by atoms with Crippen LogP contribution >= 0.6 is 0 Å². The second-order valence-corrected chi connectivity index (χ2v) is 5.30. The molecule has 0 saturated heterocycles. The lowest BCUT2D eigenvalue weighted by atomic mass is 10.1. The standard InChI is InChI=1S/C16H18N4O5/c1-10-18-16(19-25-10)11-4-3-5-12(6-11)20(9-21)13(7-14(17)22)8-15(23)24-2/h3-6,9,13H,7-8H2,1-2H3,(H2,17,22). The van der Waals surface area contributed by atoms with Crippen molar-refractivity contribution in [2.75, 3.05) is 12.0 Å². The Balaban J connectivity index is 2.35. The van der Waals surface area contributed by atoms with Crippen LogP contribution in [0.1, 0.15) is 18.7 Å². The zero-order chi connectivity index (χ0) is 18.4. The molecule has 132 valence electrons. The molecule has 0 saturated carbocycles. The van der Waals surface area contributed by atoms with E-state index in [1.807, 2.05) is 0 Å². The minimum Gasteiger partial charge on any atom is -0.469 e. The van der Waals surface area contributed by atoms with Gasteiger partial charge in [0.15, 0.2) is 0 Å². The summed E-state index contributed by atoms with van der Waals surface area (Å²) in [6, 6.07) is 6.01. The lowest BCUT2D eigenvalue weighted by Gasteiger charge is -2.27. The first-order valence-corrected chi connectivity index (χ1v) is 7.44. The van der Waals surface area contributed by atoms with Crippen molar-refractivity contribution in [2.24, 2.45) is 5.73 Å². The van der Waals surface area contributed by atoms with E-state index < -0.39 is 17.9 Å². The van der Waals surface area contributed by atoms with Crippen LogP contribution in [0.15, 0.2) is 28.8 Å². The van der Waals surface area contributed by atoms with Gasteiger partial charge >= 0.3 is 5.97 Å². The minimum atomic E-state index is -0.760. The molecule has 2 N–H and O–H groups in total. The van der Waals surface area contributed by atoms with Gasteiger partial charge in [0.05, 0.1) is 19.6 Å². The summed E-state index contributed by atoms with van der Waals surface area (Å²) in [5.41, 5.74) is 6.32. The van der Waals surface area contributed by atoms with E-state index in [0.717, 1.165) is 0 Å². The number of amides is 2. The quantitative estimate of drug-likeness (QED) is 0.553. The van der Waals surface area contributed by atoms with E-state index in [9.17, 15) is 14.4 Å². The fraction of sp³-hybridized carbons (Fsp3) is 0.312. The van der Waals surface area contributed by atoms with E-state index in [4.69, 9.17) is 10.3 Å². The fourth-order valence-electron chi connectivity index (χ4n) is 2.36. The number of benzene rings is 1. The Morgan fingerprint density at radius 2 is 2.16 bits per heavy atom. The second kappa shape index (κ2) is 8.04. The maximum Gasteiger partial charge on any atom is 0.307 e. The van der Waals surface area contributed by atoms with Crippen molar-refractivity contribution < 1.29 is 23.6 Å². The molecule has 2 amide bonds. The third-order valence-electron chi connectivity index (χ3n) is 3.50. The topological polar surface area (TPSA) is 129 Å². The van der Waals surface area contributed by atoms with E-state index >= 15 is 0 Å². The van der Waals surface area contributed by atoms with Gasteiger partial charge in [-0.2, -0.15) is 4.98 Å². The van der Waals surface area contributed by atoms with Gasteiger partial charge in [-0.25, -0.2) is 0 Å². The Kier molecular flexibility index (Phi) is 5.83. The van der Waals surface area contributed by atoms with Crippen molar-refractivity contribution >= 4 is 24.0 Å². The Bertz CT molecular complexity index is 773. The van der Waals surface area contributed by atoms with Gasteiger partial charge in [-0.05, 0) is 12.1 Å². The molecule has 9 heteroatoms. The van der Waals surface area contributed by atoms with Crippen LogP contribution in [-0.4, -0.2) is 41.6 Å². The predicted molar refractivity (Wildman–Crippen MR) is 87.2 cm³/mol. The number of aromatic nitrogens is 2. The number of ether oxygens (including phenoxy) is 1. The molecule has 1 atom stereocenters. The van der Waals surface area contributed by atoms with Crippen LogP contribution in [0.5, 0.6) is 0 Å². The molecule has 1 unspecified atom stereocenters. The first-order chi connectivity index (χ1) is 11.9. The molecule has 2 aromatic rings. The van der Waals surface area contributed by atoms with E-state index in [-0.39, 0.29) is 12.8 Å². The highest BCUT2D eigenvalue weighted by atomic mass is 16.5. The number of aryl methyl sites for hydroxylation is 1. The lowest BCUT2D eigenvalue weighted by Crippen LogP contribution is -2.39. The molecule has 9 nitrogen and oxygen atoms in total. The van der Waals surface area contributed by atoms with Crippen LogP contribution in [0.25, 0.3) is 11.4 Å². The summed E-state index contributed by atoms with van der Waals surface area (Å²) in [6.07, 6.45) is 0.195. The van der Waals surface area contributed by atoms with E-state index in [2.05, 4.69) is 14.9 Å². The highest BCUT2D eigenvalue weighted by Crippen LogP contribution is 2.25. The summed E-state index contributed by atoms with van der Waals surface area (Å²) in [6.45, 7) is 1.66. The monoisotopic (exact) mass is 346 g/mol. The Morgan fingerprint density at radius 3 is 2.72 bits per heavy atom. The summed E-state index contributed by atoms with van der Waals surface area (Å²) in [4.78, 5) is 39.9.